The minimum Gasteiger partial charge on any atom is -0.311 e. The molecule has 0 amide bonds. The molecule has 0 aromatic carbocycles. The minimum absolute atomic E-state index is 0.789. The van der Waals surface area contributed by atoms with Crippen LogP contribution in [0.15, 0.2) is 0 Å². The van der Waals surface area contributed by atoms with E-state index in [0.29, 0.717) is 0 Å². The average Bonchev–Trinajstić information content (AvgIpc) is 2.37. The molecule has 0 spiro atoms. The number of nitrogens with one attached hydrogen (secondary N) is 1. The molecular formula is C16H33N. The van der Waals surface area contributed by atoms with Crippen molar-refractivity contribution in [2.45, 2.75) is 97.1 Å². The Balaban J connectivity index is 2.39. The van der Waals surface area contributed by atoms with Gasteiger partial charge in [-0.1, -0.05) is 59.3 Å². The topological polar surface area (TPSA) is 12.0 Å². The highest BCUT2D eigenvalue weighted by atomic mass is 15.0. The Morgan fingerprint density at radius 2 is 1.76 bits per heavy atom. The molecule has 1 heteroatoms. The Morgan fingerprint density at radius 3 is 2.41 bits per heavy atom. The molecule has 1 aliphatic rings. The zero-order valence-corrected chi connectivity index (χ0v) is 12.3. The number of rotatable bonds is 8. The average molecular weight is 239 g/mol. The van der Waals surface area contributed by atoms with E-state index in [4.69, 9.17) is 0 Å². The Kier molecular flexibility index (Phi) is 7.92. The summed E-state index contributed by atoms with van der Waals surface area (Å²) in [5.41, 5.74) is 0. The van der Waals surface area contributed by atoms with Crippen LogP contribution in [0.25, 0.3) is 0 Å². The van der Waals surface area contributed by atoms with Crippen LogP contribution in [-0.4, -0.2) is 12.1 Å². The summed E-state index contributed by atoms with van der Waals surface area (Å²) < 4.78 is 0. The first kappa shape index (κ1) is 15.0. The summed E-state index contributed by atoms with van der Waals surface area (Å²) in [6, 6.07) is 1.61. The van der Waals surface area contributed by atoms with Gasteiger partial charge in [0.25, 0.3) is 0 Å². The molecular weight excluding hydrogens is 206 g/mol. The zero-order chi connectivity index (χ0) is 12.5. The van der Waals surface area contributed by atoms with Crippen LogP contribution in [0.1, 0.15) is 85.0 Å². The molecule has 1 fully saturated rings. The van der Waals surface area contributed by atoms with Gasteiger partial charge in [-0.25, -0.2) is 0 Å². The summed E-state index contributed by atoms with van der Waals surface area (Å²) in [4.78, 5) is 0. The van der Waals surface area contributed by atoms with Crippen LogP contribution >= 0.6 is 0 Å². The Labute approximate surface area is 109 Å². The first-order valence-electron chi connectivity index (χ1n) is 8.07. The van der Waals surface area contributed by atoms with Gasteiger partial charge in [-0.3, -0.25) is 0 Å². The van der Waals surface area contributed by atoms with Gasteiger partial charge in [0.15, 0.2) is 0 Å². The molecule has 0 heterocycles. The molecule has 0 aromatic rings. The van der Waals surface area contributed by atoms with E-state index in [-0.39, 0.29) is 0 Å². The predicted octanol–water partition coefficient (Wildman–Crippen LogP) is 4.90. The predicted molar refractivity (Wildman–Crippen MR) is 77.4 cm³/mol. The van der Waals surface area contributed by atoms with Crippen molar-refractivity contribution < 1.29 is 0 Å². The molecule has 102 valence electrons. The largest absolute Gasteiger partial charge is 0.311 e. The van der Waals surface area contributed by atoms with E-state index < -0.39 is 0 Å². The van der Waals surface area contributed by atoms with Crippen molar-refractivity contribution in [3.05, 3.63) is 0 Å². The summed E-state index contributed by atoms with van der Waals surface area (Å²) in [6.45, 7) is 6.99. The van der Waals surface area contributed by atoms with Crippen LogP contribution in [0.3, 0.4) is 0 Å². The molecule has 3 atom stereocenters. The normalized spacial score (nSPS) is 27.0. The van der Waals surface area contributed by atoms with Crippen molar-refractivity contribution in [2.24, 2.45) is 5.92 Å². The fourth-order valence-electron chi connectivity index (χ4n) is 3.33. The molecule has 3 unspecified atom stereocenters. The maximum atomic E-state index is 3.99. The van der Waals surface area contributed by atoms with Gasteiger partial charge in [0.05, 0.1) is 0 Å². The summed E-state index contributed by atoms with van der Waals surface area (Å²) >= 11 is 0. The number of unbranched alkanes of at least 4 members (excludes halogenated alkanes) is 1. The van der Waals surface area contributed by atoms with Gasteiger partial charge in [-0.2, -0.15) is 0 Å². The number of hydrogen-bond donors (Lipinski definition) is 1. The van der Waals surface area contributed by atoms with E-state index in [1.165, 1.54) is 64.2 Å². The lowest BCUT2D eigenvalue weighted by molar-refractivity contribution is 0.227. The van der Waals surface area contributed by atoms with Crippen molar-refractivity contribution in [3.8, 4) is 0 Å². The summed E-state index contributed by atoms with van der Waals surface area (Å²) in [7, 11) is 0. The molecule has 1 rings (SSSR count). The third-order valence-corrected chi connectivity index (χ3v) is 4.43. The van der Waals surface area contributed by atoms with Crippen LogP contribution in [0, 0.1) is 5.92 Å². The van der Waals surface area contributed by atoms with E-state index >= 15 is 0 Å². The van der Waals surface area contributed by atoms with Gasteiger partial charge in [-0.05, 0) is 31.6 Å². The van der Waals surface area contributed by atoms with Crippen molar-refractivity contribution >= 4 is 0 Å². The van der Waals surface area contributed by atoms with Gasteiger partial charge < -0.3 is 5.32 Å². The first-order valence-corrected chi connectivity index (χ1v) is 8.07. The molecule has 0 bridgehead atoms. The smallest absolute Gasteiger partial charge is 0.00978 e. The van der Waals surface area contributed by atoms with Gasteiger partial charge >= 0.3 is 0 Å². The SMILES string of the molecule is CCCCC(CCC)NC1CCCCC1CC. The van der Waals surface area contributed by atoms with Crippen molar-refractivity contribution in [3.63, 3.8) is 0 Å². The molecule has 0 saturated heterocycles. The van der Waals surface area contributed by atoms with Crippen LogP contribution in [0.5, 0.6) is 0 Å². The van der Waals surface area contributed by atoms with Gasteiger partial charge in [0.2, 0.25) is 0 Å². The molecule has 0 radical (unpaired) electrons. The quantitative estimate of drug-likeness (QED) is 0.635. The number of hydrogen-bond acceptors (Lipinski definition) is 1. The monoisotopic (exact) mass is 239 g/mol. The third kappa shape index (κ3) is 5.42. The molecule has 1 N–H and O–H groups in total. The lowest BCUT2D eigenvalue weighted by Gasteiger charge is -2.35. The lowest BCUT2D eigenvalue weighted by atomic mass is 9.82. The Bertz CT molecular complexity index is 178. The highest BCUT2D eigenvalue weighted by Crippen LogP contribution is 2.27. The summed E-state index contributed by atoms with van der Waals surface area (Å²) in [6.07, 6.45) is 14.0. The minimum atomic E-state index is 0.789. The maximum absolute atomic E-state index is 3.99. The fraction of sp³-hybridized carbons (Fsp3) is 1.00. The molecule has 0 aliphatic heterocycles. The maximum Gasteiger partial charge on any atom is 0.00978 e. The van der Waals surface area contributed by atoms with E-state index in [2.05, 4.69) is 26.1 Å². The third-order valence-electron chi connectivity index (χ3n) is 4.43. The van der Waals surface area contributed by atoms with E-state index in [1.54, 1.807) is 0 Å². The van der Waals surface area contributed by atoms with Crippen LogP contribution in [0.4, 0.5) is 0 Å². The molecule has 17 heavy (non-hydrogen) atoms. The molecule has 1 aliphatic carbocycles. The van der Waals surface area contributed by atoms with Gasteiger partial charge in [0, 0.05) is 12.1 Å². The van der Waals surface area contributed by atoms with Gasteiger partial charge in [-0.15, -0.1) is 0 Å². The molecule has 0 aromatic heterocycles. The van der Waals surface area contributed by atoms with Crippen LogP contribution in [0.2, 0.25) is 0 Å². The first-order chi connectivity index (χ1) is 8.31. The molecule has 1 saturated carbocycles. The standard InChI is InChI=1S/C16H33N/c1-4-7-12-15(10-5-2)17-16-13-9-8-11-14(16)6-3/h14-17H,4-13H2,1-3H3. The van der Waals surface area contributed by atoms with E-state index in [0.717, 1.165) is 18.0 Å². The summed E-state index contributed by atoms with van der Waals surface area (Å²) in [5.74, 6) is 0.949. The van der Waals surface area contributed by atoms with Crippen LogP contribution < -0.4 is 5.32 Å². The van der Waals surface area contributed by atoms with E-state index in [1.807, 2.05) is 0 Å². The Morgan fingerprint density at radius 1 is 1.00 bits per heavy atom. The zero-order valence-electron chi connectivity index (χ0n) is 12.3. The molecule has 1 nitrogen and oxygen atoms in total. The second-order valence-corrected chi connectivity index (χ2v) is 5.85. The second kappa shape index (κ2) is 8.97. The van der Waals surface area contributed by atoms with Crippen LogP contribution in [-0.2, 0) is 0 Å². The summed E-state index contributed by atoms with van der Waals surface area (Å²) in [5, 5.41) is 3.99. The van der Waals surface area contributed by atoms with Crippen molar-refractivity contribution in [2.75, 3.05) is 0 Å². The lowest BCUT2D eigenvalue weighted by Crippen LogP contribution is -2.44. The second-order valence-electron chi connectivity index (χ2n) is 5.85. The Hall–Kier alpha value is -0.0400. The van der Waals surface area contributed by atoms with Crippen molar-refractivity contribution in [1.82, 2.24) is 5.32 Å². The van der Waals surface area contributed by atoms with E-state index in [9.17, 15) is 0 Å². The van der Waals surface area contributed by atoms with Gasteiger partial charge in [0.1, 0.15) is 0 Å². The fourth-order valence-corrected chi connectivity index (χ4v) is 3.33. The highest BCUT2D eigenvalue weighted by molar-refractivity contribution is 4.83. The van der Waals surface area contributed by atoms with Crippen molar-refractivity contribution in [1.29, 1.82) is 0 Å². The highest BCUT2D eigenvalue weighted by Gasteiger charge is 2.25.